The standard InChI is InChI=1S/C21H26N4O5/c1-21(15-7-8-15)19(28)25(20(29)22-21)13-18(27)30-14-17(26)24-11-9-23(10-12-24)16-5-3-2-4-6-16/h2-6,15H,7-14H2,1H3,(H,22,29)/t21-/m1/s1. The molecule has 1 aromatic carbocycles. The Bertz CT molecular complexity index is 848. The number of ether oxygens (including phenoxy) is 1. The molecule has 1 saturated carbocycles. The van der Waals surface area contributed by atoms with Crippen molar-refractivity contribution in [1.82, 2.24) is 15.1 Å². The van der Waals surface area contributed by atoms with Gasteiger partial charge in [-0.15, -0.1) is 0 Å². The van der Waals surface area contributed by atoms with Gasteiger partial charge in [-0.3, -0.25) is 19.3 Å². The molecule has 4 rings (SSSR count). The van der Waals surface area contributed by atoms with Crippen molar-refractivity contribution in [2.75, 3.05) is 44.2 Å². The number of rotatable bonds is 6. The minimum Gasteiger partial charge on any atom is -0.454 e. The number of nitrogens with one attached hydrogen (secondary N) is 1. The van der Waals surface area contributed by atoms with Crippen LogP contribution >= 0.6 is 0 Å². The molecule has 3 fully saturated rings. The summed E-state index contributed by atoms with van der Waals surface area (Å²) in [5.41, 5.74) is 0.175. The lowest BCUT2D eigenvalue weighted by Gasteiger charge is -2.36. The van der Waals surface area contributed by atoms with E-state index < -0.39 is 36.6 Å². The van der Waals surface area contributed by atoms with Crippen LogP contribution in [0.5, 0.6) is 0 Å². The average Bonchev–Trinajstić information content (AvgIpc) is 3.59. The van der Waals surface area contributed by atoms with Crippen molar-refractivity contribution >= 4 is 29.5 Å². The van der Waals surface area contributed by atoms with Crippen molar-refractivity contribution < 1.29 is 23.9 Å². The second-order valence-electron chi connectivity index (χ2n) is 8.16. The molecule has 4 amide bonds. The van der Waals surface area contributed by atoms with Crippen LogP contribution < -0.4 is 10.2 Å². The van der Waals surface area contributed by atoms with Gasteiger partial charge in [-0.25, -0.2) is 4.79 Å². The summed E-state index contributed by atoms with van der Waals surface area (Å²) in [6.45, 7) is 3.29. The summed E-state index contributed by atoms with van der Waals surface area (Å²) in [6, 6.07) is 9.39. The SMILES string of the molecule is C[C@]1(C2CC2)NC(=O)N(CC(=O)OCC(=O)N2CCN(c3ccccc3)CC2)C1=O. The van der Waals surface area contributed by atoms with E-state index in [2.05, 4.69) is 10.2 Å². The second kappa shape index (κ2) is 7.97. The lowest BCUT2D eigenvalue weighted by molar-refractivity contribution is -0.154. The third-order valence-corrected chi connectivity index (χ3v) is 6.09. The van der Waals surface area contributed by atoms with E-state index >= 15 is 0 Å². The van der Waals surface area contributed by atoms with Gasteiger partial charge in [-0.05, 0) is 37.8 Å². The molecular formula is C21H26N4O5. The van der Waals surface area contributed by atoms with Crippen LogP contribution in [0.1, 0.15) is 19.8 Å². The zero-order valence-electron chi connectivity index (χ0n) is 17.0. The van der Waals surface area contributed by atoms with Crippen molar-refractivity contribution in [3.63, 3.8) is 0 Å². The van der Waals surface area contributed by atoms with Crippen molar-refractivity contribution in [3.05, 3.63) is 30.3 Å². The molecule has 3 aliphatic rings. The predicted molar refractivity (Wildman–Crippen MR) is 108 cm³/mol. The summed E-state index contributed by atoms with van der Waals surface area (Å²) >= 11 is 0. The summed E-state index contributed by atoms with van der Waals surface area (Å²) in [5.74, 6) is -1.34. The van der Waals surface area contributed by atoms with Crippen LogP contribution in [0.25, 0.3) is 0 Å². The third-order valence-electron chi connectivity index (χ3n) is 6.09. The number of benzene rings is 1. The van der Waals surface area contributed by atoms with Gasteiger partial charge in [0.2, 0.25) is 0 Å². The molecule has 9 heteroatoms. The fourth-order valence-electron chi connectivity index (χ4n) is 4.06. The van der Waals surface area contributed by atoms with Crippen LogP contribution in [-0.2, 0) is 19.1 Å². The Kier molecular flexibility index (Phi) is 5.36. The number of anilines is 1. The summed E-state index contributed by atoms with van der Waals surface area (Å²) < 4.78 is 5.05. The molecule has 2 aliphatic heterocycles. The average molecular weight is 414 g/mol. The molecule has 9 nitrogen and oxygen atoms in total. The van der Waals surface area contributed by atoms with Crippen LogP contribution in [0, 0.1) is 5.92 Å². The highest BCUT2D eigenvalue weighted by atomic mass is 16.5. The Balaban J connectivity index is 1.22. The quantitative estimate of drug-likeness (QED) is 0.541. The smallest absolute Gasteiger partial charge is 0.326 e. The third kappa shape index (κ3) is 3.96. The minimum atomic E-state index is -0.939. The minimum absolute atomic E-state index is 0.117. The number of piperazine rings is 1. The summed E-state index contributed by atoms with van der Waals surface area (Å²) in [6.07, 6.45) is 1.76. The molecule has 1 atom stereocenters. The molecule has 2 heterocycles. The predicted octanol–water partition coefficient (Wildman–Crippen LogP) is 0.599. The van der Waals surface area contributed by atoms with Crippen LogP contribution in [0.3, 0.4) is 0 Å². The first-order valence-electron chi connectivity index (χ1n) is 10.3. The van der Waals surface area contributed by atoms with Gasteiger partial charge in [0, 0.05) is 31.9 Å². The number of carbonyl (C=O) groups excluding carboxylic acids is 4. The highest BCUT2D eigenvalue weighted by Gasteiger charge is 2.56. The summed E-state index contributed by atoms with van der Waals surface area (Å²) in [5, 5.41) is 2.68. The number of amides is 4. The van der Waals surface area contributed by atoms with Gasteiger partial charge in [0.15, 0.2) is 6.61 Å². The van der Waals surface area contributed by atoms with Gasteiger partial charge >= 0.3 is 12.0 Å². The first kappa shape index (κ1) is 20.2. The molecule has 0 unspecified atom stereocenters. The van der Waals surface area contributed by atoms with Gasteiger partial charge in [0.1, 0.15) is 12.1 Å². The number of hydrogen-bond acceptors (Lipinski definition) is 6. The number of esters is 1. The van der Waals surface area contributed by atoms with Crippen LogP contribution in [0.2, 0.25) is 0 Å². The second-order valence-corrected chi connectivity index (χ2v) is 8.16. The van der Waals surface area contributed by atoms with E-state index in [0.29, 0.717) is 26.2 Å². The van der Waals surface area contributed by atoms with Crippen LogP contribution in [0.15, 0.2) is 30.3 Å². The van der Waals surface area contributed by atoms with Crippen LogP contribution in [0.4, 0.5) is 10.5 Å². The van der Waals surface area contributed by atoms with E-state index in [1.54, 1.807) is 11.8 Å². The fourth-order valence-corrected chi connectivity index (χ4v) is 4.06. The number of para-hydroxylation sites is 1. The van der Waals surface area contributed by atoms with E-state index in [9.17, 15) is 19.2 Å². The molecule has 1 aliphatic carbocycles. The van der Waals surface area contributed by atoms with Crippen molar-refractivity contribution in [1.29, 1.82) is 0 Å². The van der Waals surface area contributed by atoms with E-state index in [4.69, 9.17) is 4.74 Å². The maximum atomic E-state index is 12.5. The van der Waals surface area contributed by atoms with Gasteiger partial charge < -0.3 is 19.9 Å². The van der Waals surface area contributed by atoms with Crippen LogP contribution in [-0.4, -0.2) is 78.5 Å². The Hall–Kier alpha value is -3.10. The van der Waals surface area contributed by atoms with E-state index in [1.165, 1.54) is 0 Å². The zero-order valence-corrected chi connectivity index (χ0v) is 17.0. The normalized spacial score (nSPS) is 24.1. The molecule has 2 saturated heterocycles. The van der Waals surface area contributed by atoms with Crippen molar-refractivity contribution in [2.45, 2.75) is 25.3 Å². The number of carbonyl (C=O) groups is 4. The lowest BCUT2D eigenvalue weighted by atomic mass is 9.96. The Morgan fingerprint density at radius 3 is 2.40 bits per heavy atom. The Morgan fingerprint density at radius 2 is 1.77 bits per heavy atom. The summed E-state index contributed by atoms with van der Waals surface area (Å²) in [7, 11) is 0. The molecule has 0 bridgehead atoms. The molecule has 0 aromatic heterocycles. The molecule has 30 heavy (non-hydrogen) atoms. The van der Waals surface area contributed by atoms with Crippen molar-refractivity contribution in [2.24, 2.45) is 5.92 Å². The molecule has 160 valence electrons. The molecular weight excluding hydrogens is 388 g/mol. The van der Waals surface area contributed by atoms with Crippen molar-refractivity contribution in [3.8, 4) is 0 Å². The van der Waals surface area contributed by atoms with Gasteiger partial charge in [0.05, 0.1) is 0 Å². The fraction of sp³-hybridized carbons (Fsp3) is 0.524. The summed E-state index contributed by atoms with van der Waals surface area (Å²) in [4.78, 5) is 53.9. The highest BCUT2D eigenvalue weighted by molar-refractivity contribution is 6.08. The monoisotopic (exact) mass is 414 g/mol. The first-order valence-corrected chi connectivity index (χ1v) is 10.3. The Morgan fingerprint density at radius 1 is 1.10 bits per heavy atom. The lowest BCUT2D eigenvalue weighted by Crippen LogP contribution is -2.50. The number of urea groups is 1. The number of hydrogen-bond donors (Lipinski definition) is 1. The van der Waals surface area contributed by atoms with E-state index in [0.717, 1.165) is 23.4 Å². The van der Waals surface area contributed by atoms with E-state index in [-0.39, 0.29) is 11.8 Å². The highest BCUT2D eigenvalue weighted by Crippen LogP contribution is 2.42. The zero-order chi connectivity index (χ0) is 21.3. The molecule has 0 spiro atoms. The number of nitrogens with zero attached hydrogens (tertiary/aromatic N) is 3. The Labute approximate surface area is 174 Å². The van der Waals surface area contributed by atoms with E-state index in [1.807, 2.05) is 30.3 Å². The molecule has 0 radical (unpaired) electrons. The molecule has 1 aromatic rings. The maximum absolute atomic E-state index is 12.5. The first-order chi connectivity index (χ1) is 14.4. The topological polar surface area (TPSA) is 99.3 Å². The maximum Gasteiger partial charge on any atom is 0.326 e. The van der Waals surface area contributed by atoms with Gasteiger partial charge in [-0.1, -0.05) is 18.2 Å². The largest absolute Gasteiger partial charge is 0.454 e. The van der Waals surface area contributed by atoms with Gasteiger partial charge in [0.25, 0.3) is 11.8 Å². The number of imide groups is 1. The van der Waals surface area contributed by atoms with Gasteiger partial charge in [-0.2, -0.15) is 0 Å². The molecule has 1 N–H and O–H groups in total.